The van der Waals surface area contributed by atoms with E-state index in [4.69, 9.17) is 4.74 Å². The summed E-state index contributed by atoms with van der Waals surface area (Å²) in [5.74, 6) is 0. The van der Waals surface area contributed by atoms with E-state index < -0.39 is 0 Å². The second-order valence-electron chi connectivity index (χ2n) is 2.31. The molecule has 0 fully saturated rings. The van der Waals surface area contributed by atoms with Crippen molar-refractivity contribution in [1.82, 2.24) is 0 Å². The zero-order valence-corrected chi connectivity index (χ0v) is 6.68. The Hall–Kier alpha value is -0.0400. The van der Waals surface area contributed by atoms with E-state index in [2.05, 4.69) is 20.8 Å². The van der Waals surface area contributed by atoms with E-state index in [0.717, 1.165) is 12.8 Å². The fourth-order valence-electron chi connectivity index (χ4n) is 0.446. The SMILES string of the molecule is CCC[CH]OC(C)CC. The molecular formula is C8H17O. The average Bonchev–Trinajstić information content (AvgIpc) is 1.89. The Morgan fingerprint density at radius 2 is 2.11 bits per heavy atom. The molecule has 55 valence electrons. The summed E-state index contributed by atoms with van der Waals surface area (Å²) < 4.78 is 5.31. The molecule has 0 heterocycles. The van der Waals surface area contributed by atoms with Gasteiger partial charge in [0.15, 0.2) is 0 Å². The third-order valence-corrected chi connectivity index (χ3v) is 1.31. The summed E-state index contributed by atoms with van der Waals surface area (Å²) in [5.41, 5.74) is 0. The summed E-state index contributed by atoms with van der Waals surface area (Å²) in [6.45, 7) is 8.28. The lowest BCUT2D eigenvalue weighted by Gasteiger charge is -2.07. The van der Waals surface area contributed by atoms with Crippen LogP contribution in [-0.2, 0) is 4.74 Å². The van der Waals surface area contributed by atoms with Crippen molar-refractivity contribution >= 4 is 0 Å². The lowest BCUT2D eigenvalue weighted by molar-refractivity contribution is 0.112. The highest BCUT2D eigenvalue weighted by atomic mass is 16.5. The molecular weight excluding hydrogens is 112 g/mol. The van der Waals surface area contributed by atoms with Crippen molar-refractivity contribution in [3.8, 4) is 0 Å². The fraction of sp³-hybridized carbons (Fsp3) is 0.875. The maximum atomic E-state index is 5.31. The summed E-state index contributed by atoms with van der Waals surface area (Å²) in [4.78, 5) is 0. The molecule has 1 heteroatoms. The van der Waals surface area contributed by atoms with Crippen LogP contribution >= 0.6 is 0 Å². The number of rotatable bonds is 5. The molecule has 0 bridgehead atoms. The predicted octanol–water partition coefficient (Wildman–Crippen LogP) is 2.76. The van der Waals surface area contributed by atoms with Gasteiger partial charge in [0.2, 0.25) is 0 Å². The van der Waals surface area contributed by atoms with Crippen LogP contribution < -0.4 is 0 Å². The standard InChI is InChI=1S/C8H17O/c1-4-6-7-9-8(3)5-2/h7-8H,4-6H2,1-3H3. The third kappa shape index (κ3) is 5.84. The highest BCUT2D eigenvalue weighted by molar-refractivity contribution is 4.52. The van der Waals surface area contributed by atoms with Gasteiger partial charge in [0.05, 0.1) is 12.7 Å². The molecule has 0 aliphatic heterocycles. The Morgan fingerprint density at radius 1 is 1.44 bits per heavy atom. The van der Waals surface area contributed by atoms with Gasteiger partial charge in [-0.2, -0.15) is 0 Å². The Morgan fingerprint density at radius 3 is 2.56 bits per heavy atom. The third-order valence-electron chi connectivity index (χ3n) is 1.31. The molecule has 0 saturated carbocycles. The molecule has 1 radical (unpaired) electrons. The van der Waals surface area contributed by atoms with E-state index in [1.54, 1.807) is 0 Å². The lowest BCUT2D eigenvalue weighted by Crippen LogP contribution is -2.03. The number of unbranched alkanes of at least 4 members (excludes halogenated alkanes) is 1. The topological polar surface area (TPSA) is 9.23 Å². The van der Waals surface area contributed by atoms with E-state index in [0.29, 0.717) is 6.10 Å². The van der Waals surface area contributed by atoms with Crippen LogP contribution in [0.3, 0.4) is 0 Å². The zero-order valence-electron chi connectivity index (χ0n) is 6.68. The first-order valence-electron chi connectivity index (χ1n) is 3.78. The summed E-state index contributed by atoms with van der Waals surface area (Å²) in [7, 11) is 0. The van der Waals surface area contributed by atoms with Crippen molar-refractivity contribution in [3.63, 3.8) is 0 Å². The van der Waals surface area contributed by atoms with Crippen LogP contribution in [0.4, 0.5) is 0 Å². The van der Waals surface area contributed by atoms with Crippen molar-refractivity contribution in [2.24, 2.45) is 0 Å². The van der Waals surface area contributed by atoms with Gasteiger partial charge in [0.25, 0.3) is 0 Å². The molecule has 9 heavy (non-hydrogen) atoms. The fourth-order valence-corrected chi connectivity index (χ4v) is 0.446. The van der Waals surface area contributed by atoms with E-state index in [1.165, 1.54) is 6.42 Å². The molecule has 0 aromatic heterocycles. The minimum absolute atomic E-state index is 0.400. The molecule has 0 aromatic rings. The van der Waals surface area contributed by atoms with E-state index >= 15 is 0 Å². The monoisotopic (exact) mass is 129 g/mol. The Labute approximate surface area is 58.4 Å². The second-order valence-corrected chi connectivity index (χ2v) is 2.31. The van der Waals surface area contributed by atoms with Gasteiger partial charge in [-0.05, 0) is 19.8 Å². The zero-order chi connectivity index (χ0) is 7.11. The predicted molar refractivity (Wildman–Crippen MR) is 40.0 cm³/mol. The van der Waals surface area contributed by atoms with Crippen LogP contribution in [-0.4, -0.2) is 6.10 Å². The lowest BCUT2D eigenvalue weighted by atomic mass is 10.3. The van der Waals surface area contributed by atoms with Gasteiger partial charge in [-0.1, -0.05) is 20.3 Å². The number of hydrogen-bond donors (Lipinski definition) is 0. The summed E-state index contributed by atoms with van der Waals surface area (Å²) in [5, 5.41) is 0. The Bertz CT molecular complexity index is 52.5. The highest BCUT2D eigenvalue weighted by Crippen LogP contribution is 2.01. The van der Waals surface area contributed by atoms with Crippen LogP contribution in [0.15, 0.2) is 0 Å². The molecule has 0 aliphatic rings. The van der Waals surface area contributed by atoms with E-state index in [1.807, 2.05) is 6.61 Å². The van der Waals surface area contributed by atoms with Gasteiger partial charge >= 0.3 is 0 Å². The number of hydrogen-bond acceptors (Lipinski definition) is 1. The van der Waals surface area contributed by atoms with Gasteiger partial charge in [0.1, 0.15) is 0 Å². The molecule has 0 N–H and O–H groups in total. The van der Waals surface area contributed by atoms with E-state index in [-0.39, 0.29) is 0 Å². The normalized spacial score (nSPS) is 13.7. The van der Waals surface area contributed by atoms with Gasteiger partial charge in [-0.15, -0.1) is 0 Å². The Kier molecular flexibility index (Phi) is 6.06. The molecule has 1 atom stereocenters. The second kappa shape index (κ2) is 6.09. The van der Waals surface area contributed by atoms with Crippen molar-refractivity contribution < 1.29 is 4.74 Å². The van der Waals surface area contributed by atoms with Gasteiger partial charge in [-0.3, -0.25) is 0 Å². The first-order valence-corrected chi connectivity index (χ1v) is 3.78. The van der Waals surface area contributed by atoms with Crippen LogP contribution in [0.1, 0.15) is 40.0 Å². The summed E-state index contributed by atoms with van der Waals surface area (Å²) in [6.07, 6.45) is 3.75. The molecule has 0 aromatic carbocycles. The van der Waals surface area contributed by atoms with Crippen LogP contribution in [0.5, 0.6) is 0 Å². The smallest absolute Gasteiger partial charge is 0.0840 e. The summed E-state index contributed by atoms with van der Waals surface area (Å²) in [6, 6.07) is 0. The molecule has 0 rings (SSSR count). The largest absolute Gasteiger partial charge is 0.373 e. The maximum Gasteiger partial charge on any atom is 0.0840 e. The highest BCUT2D eigenvalue weighted by Gasteiger charge is 1.95. The Balaban J connectivity index is 2.88. The van der Waals surface area contributed by atoms with Crippen LogP contribution in [0.2, 0.25) is 0 Å². The molecule has 0 saturated heterocycles. The molecule has 1 unspecified atom stereocenters. The van der Waals surface area contributed by atoms with Crippen molar-refractivity contribution in [2.45, 2.75) is 46.1 Å². The minimum atomic E-state index is 0.400. The molecule has 1 nitrogen and oxygen atoms in total. The van der Waals surface area contributed by atoms with E-state index in [9.17, 15) is 0 Å². The first-order chi connectivity index (χ1) is 4.31. The summed E-state index contributed by atoms with van der Waals surface area (Å²) >= 11 is 0. The minimum Gasteiger partial charge on any atom is -0.373 e. The first kappa shape index (κ1) is 8.96. The van der Waals surface area contributed by atoms with Crippen molar-refractivity contribution in [3.05, 3.63) is 6.61 Å². The maximum absolute atomic E-state index is 5.31. The average molecular weight is 129 g/mol. The quantitative estimate of drug-likeness (QED) is 0.519. The van der Waals surface area contributed by atoms with Crippen LogP contribution in [0, 0.1) is 6.61 Å². The van der Waals surface area contributed by atoms with Crippen molar-refractivity contribution in [1.29, 1.82) is 0 Å². The van der Waals surface area contributed by atoms with Gasteiger partial charge in [0, 0.05) is 0 Å². The molecule has 0 amide bonds. The number of ether oxygens (including phenoxy) is 1. The van der Waals surface area contributed by atoms with Crippen molar-refractivity contribution in [2.75, 3.05) is 0 Å². The molecule has 0 spiro atoms. The molecule has 0 aliphatic carbocycles. The van der Waals surface area contributed by atoms with Gasteiger partial charge < -0.3 is 4.74 Å². The van der Waals surface area contributed by atoms with Gasteiger partial charge in [-0.25, -0.2) is 0 Å². The van der Waals surface area contributed by atoms with Crippen LogP contribution in [0.25, 0.3) is 0 Å².